The Morgan fingerprint density at radius 1 is 1.14 bits per heavy atom. The Morgan fingerprint density at radius 2 is 1.83 bits per heavy atom. The molecule has 0 unspecified atom stereocenters. The summed E-state index contributed by atoms with van der Waals surface area (Å²) in [5, 5.41) is 0.532. The zero-order valence-electron chi connectivity index (χ0n) is 15.3. The molecule has 0 aliphatic heterocycles. The van der Waals surface area contributed by atoms with Crippen molar-refractivity contribution in [3.05, 3.63) is 69.7 Å². The number of primary amides is 1. The summed E-state index contributed by atoms with van der Waals surface area (Å²) in [5.74, 6) is 0.192. The van der Waals surface area contributed by atoms with E-state index < -0.39 is 11.6 Å². The standard InChI is InChI=1S/C20H16ClN5O3/c1-2-29-14-9-3-11(4-10-14)18-23-15(17(22)27)16-19(25-18)26(20(28)24-16)13-7-5-12(21)6-8-13/h3-10H,2H2,1H3,(H2,22,27)(H,24,28). The number of aromatic amines is 1. The minimum Gasteiger partial charge on any atom is -0.494 e. The van der Waals surface area contributed by atoms with E-state index in [4.69, 9.17) is 22.1 Å². The third-order valence-corrected chi connectivity index (χ3v) is 4.53. The molecule has 0 radical (unpaired) electrons. The molecule has 0 aliphatic carbocycles. The number of nitrogens with zero attached hydrogens (tertiary/aromatic N) is 3. The van der Waals surface area contributed by atoms with Crippen LogP contribution in [0.2, 0.25) is 5.02 Å². The topological polar surface area (TPSA) is 116 Å². The fourth-order valence-corrected chi connectivity index (χ4v) is 3.11. The van der Waals surface area contributed by atoms with E-state index in [9.17, 15) is 9.59 Å². The number of carbonyl (C=O) groups is 1. The molecule has 0 bridgehead atoms. The highest BCUT2D eigenvalue weighted by Gasteiger charge is 2.20. The number of H-pyrrole nitrogens is 1. The molecule has 0 aliphatic rings. The van der Waals surface area contributed by atoms with Gasteiger partial charge in [-0.25, -0.2) is 19.3 Å². The van der Waals surface area contributed by atoms with Crippen LogP contribution in [-0.2, 0) is 0 Å². The van der Waals surface area contributed by atoms with Gasteiger partial charge in [0.05, 0.1) is 12.3 Å². The van der Waals surface area contributed by atoms with E-state index in [1.165, 1.54) is 4.57 Å². The molecule has 2 aromatic heterocycles. The van der Waals surface area contributed by atoms with Crippen molar-refractivity contribution in [2.45, 2.75) is 6.92 Å². The summed E-state index contributed by atoms with van der Waals surface area (Å²) < 4.78 is 6.79. The predicted molar refractivity (Wildman–Crippen MR) is 110 cm³/mol. The molecule has 2 heterocycles. The monoisotopic (exact) mass is 409 g/mol. The molecule has 0 spiro atoms. The van der Waals surface area contributed by atoms with Crippen LogP contribution in [0.3, 0.4) is 0 Å². The van der Waals surface area contributed by atoms with Crippen molar-refractivity contribution in [2.24, 2.45) is 5.73 Å². The first-order chi connectivity index (χ1) is 14.0. The normalized spacial score (nSPS) is 11.0. The highest BCUT2D eigenvalue weighted by Crippen LogP contribution is 2.24. The summed E-state index contributed by atoms with van der Waals surface area (Å²) in [5.41, 5.74) is 6.58. The molecule has 8 nitrogen and oxygen atoms in total. The Kier molecular flexibility index (Phi) is 4.77. The second-order valence-corrected chi connectivity index (χ2v) is 6.59. The maximum Gasteiger partial charge on any atom is 0.332 e. The van der Waals surface area contributed by atoms with Crippen molar-refractivity contribution in [3.63, 3.8) is 0 Å². The first-order valence-electron chi connectivity index (χ1n) is 8.79. The predicted octanol–water partition coefficient (Wildman–Crippen LogP) is 2.93. The zero-order chi connectivity index (χ0) is 20.5. The number of fused-ring (bicyclic) bond motifs is 1. The quantitative estimate of drug-likeness (QED) is 0.525. The second kappa shape index (κ2) is 7.40. The summed E-state index contributed by atoms with van der Waals surface area (Å²) in [4.78, 5) is 36.0. The van der Waals surface area contributed by atoms with Crippen LogP contribution in [0.4, 0.5) is 0 Å². The van der Waals surface area contributed by atoms with E-state index in [0.717, 1.165) is 0 Å². The number of carbonyl (C=O) groups excluding carboxylic acids is 1. The molecule has 0 saturated heterocycles. The number of benzene rings is 2. The average molecular weight is 410 g/mol. The van der Waals surface area contributed by atoms with Gasteiger partial charge in [-0.3, -0.25) is 4.79 Å². The summed E-state index contributed by atoms with van der Waals surface area (Å²) >= 11 is 5.95. The van der Waals surface area contributed by atoms with Gasteiger partial charge in [-0.15, -0.1) is 0 Å². The molecule has 4 aromatic rings. The lowest BCUT2D eigenvalue weighted by Gasteiger charge is -2.08. The van der Waals surface area contributed by atoms with Crippen molar-refractivity contribution in [1.29, 1.82) is 0 Å². The van der Waals surface area contributed by atoms with Gasteiger partial charge in [-0.2, -0.15) is 0 Å². The maximum absolute atomic E-state index is 12.6. The Morgan fingerprint density at radius 3 is 2.45 bits per heavy atom. The molecule has 146 valence electrons. The molecule has 9 heteroatoms. The number of nitrogens with one attached hydrogen (secondary N) is 1. The summed E-state index contributed by atoms with van der Waals surface area (Å²) in [7, 11) is 0. The lowest BCUT2D eigenvalue weighted by Crippen LogP contribution is -2.15. The Bertz CT molecular complexity index is 1260. The highest BCUT2D eigenvalue weighted by atomic mass is 35.5. The number of halogens is 1. The maximum atomic E-state index is 12.6. The number of nitrogens with two attached hydrogens (primary N) is 1. The first kappa shape index (κ1) is 18.7. The van der Waals surface area contributed by atoms with Crippen LogP contribution in [-0.4, -0.2) is 32.0 Å². The van der Waals surface area contributed by atoms with Gasteiger partial charge in [-0.05, 0) is 55.5 Å². The fraction of sp³-hybridized carbons (Fsp3) is 0.100. The Balaban J connectivity index is 1.95. The van der Waals surface area contributed by atoms with E-state index in [-0.39, 0.29) is 22.7 Å². The molecular formula is C20H16ClN5O3. The third-order valence-electron chi connectivity index (χ3n) is 4.28. The van der Waals surface area contributed by atoms with Gasteiger partial charge < -0.3 is 15.5 Å². The minimum absolute atomic E-state index is 0.0660. The molecule has 0 fully saturated rings. The van der Waals surface area contributed by atoms with Crippen LogP contribution in [0, 0.1) is 0 Å². The molecule has 0 atom stereocenters. The van der Waals surface area contributed by atoms with Gasteiger partial charge in [0.1, 0.15) is 11.3 Å². The number of rotatable bonds is 5. The summed E-state index contributed by atoms with van der Waals surface area (Å²) in [6.07, 6.45) is 0. The van der Waals surface area contributed by atoms with Crippen LogP contribution in [0.1, 0.15) is 17.4 Å². The minimum atomic E-state index is -0.769. The average Bonchev–Trinajstić information content (AvgIpc) is 3.04. The van der Waals surface area contributed by atoms with Crippen molar-refractivity contribution in [2.75, 3.05) is 6.61 Å². The zero-order valence-corrected chi connectivity index (χ0v) is 16.1. The number of amides is 1. The molecular weight excluding hydrogens is 394 g/mol. The smallest absolute Gasteiger partial charge is 0.332 e. The van der Waals surface area contributed by atoms with Gasteiger partial charge in [0.25, 0.3) is 5.91 Å². The van der Waals surface area contributed by atoms with Gasteiger partial charge in [0.15, 0.2) is 17.2 Å². The summed E-state index contributed by atoms with van der Waals surface area (Å²) in [6.45, 7) is 2.44. The molecule has 3 N–H and O–H groups in total. The Hall–Kier alpha value is -3.65. The number of ether oxygens (including phenoxy) is 1. The van der Waals surface area contributed by atoms with Crippen molar-refractivity contribution >= 4 is 28.7 Å². The van der Waals surface area contributed by atoms with Crippen LogP contribution in [0.5, 0.6) is 5.75 Å². The molecule has 1 amide bonds. The fourth-order valence-electron chi connectivity index (χ4n) is 2.99. The van der Waals surface area contributed by atoms with E-state index in [2.05, 4.69) is 15.0 Å². The van der Waals surface area contributed by atoms with Crippen LogP contribution >= 0.6 is 11.6 Å². The lowest BCUT2D eigenvalue weighted by atomic mass is 10.2. The second-order valence-electron chi connectivity index (χ2n) is 6.16. The van der Waals surface area contributed by atoms with E-state index in [1.54, 1.807) is 48.5 Å². The van der Waals surface area contributed by atoms with E-state index in [0.29, 0.717) is 28.6 Å². The SMILES string of the molecule is CCOc1ccc(-c2nc(C(N)=O)c3[nH]c(=O)n(-c4ccc(Cl)cc4)c3n2)cc1. The number of aromatic nitrogens is 4. The largest absolute Gasteiger partial charge is 0.494 e. The molecule has 0 saturated carbocycles. The summed E-state index contributed by atoms with van der Waals surface area (Å²) in [6, 6.07) is 13.8. The van der Waals surface area contributed by atoms with Gasteiger partial charge in [-0.1, -0.05) is 11.6 Å². The van der Waals surface area contributed by atoms with Crippen LogP contribution in [0.15, 0.2) is 53.3 Å². The van der Waals surface area contributed by atoms with Crippen molar-refractivity contribution in [3.8, 4) is 22.8 Å². The van der Waals surface area contributed by atoms with Gasteiger partial charge in [0, 0.05) is 10.6 Å². The number of hydrogen-bond donors (Lipinski definition) is 2. The Labute approximate surface area is 169 Å². The van der Waals surface area contributed by atoms with Gasteiger partial charge in [0.2, 0.25) is 0 Å². The lowest BCUT2D eigenvalue weighted by molar-refractivity contribution is 0.0997. The van der Waals surface area contributed by atoms with Crippen molar-refractivity contribution < 1.29 is 9.53 Å². The number of imidazole rings is 1. The molecule has 2 aromatic carbocycles. The van der Waals surface area contributed by atoms with Crippen LogP contribution < -0.4 is 16.2 Å². The highest BCUT2D eigenvalue weighted by molar-refractivity contribution is 6.30. The van der Waals surface area contributed by atoms with E-state index in [1.807, 2.05) is 6.92 Å². The van der Waals surface area contributed by atoms with E-state index >= 15 is 0 Å². The first-order valence-corrected chi connectivity index (χ1v) is 9.17. The molecule has 29 heavy (non-hydrogen) atoms. The van der Waals surface area contributed by atoms with Crippen molar-refractivity contribution in [1.82, 2.24) is 19.5 Å². The third kappa shape index (κ3) is 3.45. The molecule has 4 rings (SSSR count). The number of hydrogen-bond acceptors (Lipinski definition) is 5. The van der Waals surface area contributed by atoms with Gasteiger partial charge >= 0.3 is 5.69 Å². The van der Waals surface area contributed by atoms with Crippen LogP contribution in [0.25, 0.3) is 28.2 Å².